The Morgan fingerprint density at radius 1 is 1.41 bits per heavy atom. The van der Waals surface area contributed by atoms with Crippen molar-refractivity contribution in [2.75, 3.05) is 11.1 Å². The number of nitrogens with zero attached hydrogens (tertiary/aromatic N) is 3. The van der Waals surface area contributed by atoms with Gasteiger partial charge in [-0.1, -0.05) is 41.6 Å². The van der Waals surface area contributed by atoms with Crippen LogP contribution in [-0.2, 0) is 17.8 Å². The molecular formula is C18H17ClN4O2S2. The highest BCUT2D eigenvalue weighted by molar-refractivity contribution is 7.99. The van der Waals surface area contributed by atoms with E-state index >= 15 is 0 Å². The molecule has 0 bridgehead atoms. The number of thiazole rings is 1. The van der Waals surface area contributed by atoms with E-state index in [0.29, 0.717) is 39.6 Å². The van der Waals surface area contributed by atoms with Gasteiger partial charge in [-0.2, -0.15) is 0 Å². The molecule has 0 spiro atoms. The van der Waals surface area contributed by atoms with Crippen molar-refractivity contribution in [3.63, 3.8) is 0 Å². The highest BCUT2D eigenvalue weighted by Crippen LogP contribution is 2.30. The Labute approximate surface area is 169 Å². The number of amides is 1. The Bertz CT molecular complexity index is 1110. The number of aryl methyl sites for hydroxylation is 1. The molecule has 0 radical (unpaired) electrons. The largest absolute Gasteiger partial charge is 0.302 e. The third kappa shape index (κ3) is 3.49. The number of hydrogen-bond acceptors (Lipinski definition) is 6. The summed E-state index contributed by atoms with van der Waals surface area (Å²) in [5.74, 6) is 0.133. The number of carbonyl (C=O) groups is 1. The van der Waals surface area contributed by atoms with Crippen LogP contribution in [0.25, 0.3) is 10.2 Å². The Kier molecular flexibility index (Phi) is 4.96. The van der Waals surface area contributed by atoms with Crippen LogP contribution in [0, 0.1) is 12.8 Å². The number of nitrogens with one attached hydrogen (secondary N) is 1. The van der Waals surface area contributed by atoms with Gasteiger partial charge in [-0.3, -0.25) is 14.2 Å². The standard InChI is InChI=1S/C18H17ClN4O2S2/c1-3-12-9(2)20-18-23(16(12)25)7-10(8-26-18)15(24)22-17-21-13-5-4-11(19)6-14(13)27-17/h4-6,10H,3,7-8H2,1-2H3,(H,21,22,24). The van der Waals surface area contributed by atoms with E-state index in [9.17, 15) is 9.59 Å². The van der Waals surface area contributed by atoms with E-state index in [1.54, 1.807) is 10.6 Å². The van der Waals surface area contributed by atoms with E-state index in [1.807, 2.05) is 26.0 Å². The Hall–Kier alpha value is -1.90. The van der Waals surface area contributed by atoms with Gasteiger partial charge >= 0.3 is 0 Å². The van der Waals surface area contributed by atoms with E-state index in [1.165, 1.54) is 23.1 Å². The fourth-order valence-electron chi connectivity index (χ4n) is 3.12. The minimum absolute atomic E-state index is 0.0420. The van der Waals surface area contributed by atoms with Crippen molar-refractivity contribution in [1.82, 2.24) is 14.5 Å². The van der Waals surface area contributed by atoms with Crippen molar-refractivity contribution in [3.05, 3.63) is 44.8 Å². The number of hydrogen-bond donors (Lipinski definition) is 1. The molecule has 1 aliphatic rings. The highest BCUT2D eigenvalue weighted by Gasteiger charge is 2.28. The zero-order chi connectivity index (χ0) is 19.1. The van der Waals surface area contributed by atoms with E-state index in [-0.39, 0.29) is 17.4 Å². The third-order valence-corrected chi connectivity index (χ3v) is 6.86. The van der Waals surface area contributed by atoms with E-state index in [0.717, 1.165) is 15.9 Å². The molecule has 27 heavy (non-hydrogen) atoms. The Morgan fingerprint density at radius 3 is 3.00 bits per heavy atom. The van der Waals surface area contributed by atoms with Crippen molar-refractivity contribution in [3.8, 4) is 0 Å². The van der Waals surface area contributed by atoms with Crippen LogP contribution in [0.4, 0.5) is 5.13 Å². The summed E-state index contributed by atoms with van der Waals surface area (Å²) in [6.45, 7) is 4.14. The minimum Gasteiger partial charge on any atom is -0.302 e. The maximum Gasteiger partial charge on any atom is 0.257 e. The highest BCUT2D eigenvalue weighted by atomic mass is 35.5. The van der Waals surface area contributed by atoms with Gasteiger partial charge in [0, 0.05) is 28.6 Å². The van der Waals surface area contributed by atoms with Gasteiger partial charge in [0.2, 0.25) is 5.91 Å². The van der Waals surface area contributed by atoms with Crippen molar-refractivity contribution in [2.24, 2.45) is 5.92 Å². The number of carbonyl (C=O) groups excluding carboxylic acids is 1. The number of anilines is 1. The average molecular weight is 421 g/mol. The fourth-order valence-corrected chi connectivity index (χ4v) is 5.39. The van der Waals surface area contributed by atoms with Crippen LogP contribution < -0.4 is 10.9 Å². The molecule has 1 N–H and O–H groups in total. The molecule has 1 aromatic carbocycles. The number of fused-ring (bicyclic) bond motifs is 2. The lowest BCUT2D eigenvalue weighted by atomic mass is 10.1. The van der Waals surface area contributed by atoms with Crippen molar-refractivity contribution in [2.45, 2.75) is 32.0 Å². The second-order valence-corrected chi connectivity index (χ2v) is 8.81. The average Bonchev–Trinajstić information content (AvgIpc) is 3.03. The maximum atomic E-state index is 12.7. The lowest BCUT2D eigenvalue weighted by Crippen LogP contribution is -2.38. The predicted octanol–water partition coefficient (Wildman–Crippen LogP) is 3.74. The topological polar surface area (TPSA) is 76.9 Å². The summed E-state index contributed by atoms with van der Waals surface area (Å²) in [5.41, 5.74) is 2.24. The maximum absolute atomic E-state index is 12.7. The number of thioether (sulfide) groups is 1. The summed E-state index contributed by atoms with van der Waals surface area (Å²) in [4.78, 5) is 34.4. The molecule has 1 aliphatic heterocycles. The van der Waals surface area contributed by atoms with Gasteiger partial charge in [-0.15, -0.1) is 0 Å². The molecule has 1 amide bonds. The van der Waals surface area contributed by atoms with Crippen molar-refractivity contribution in [1.29, 1.82) is 0 Å². The molecule has 6 nitrogen and oxygen atoms in total. The van der Waals surface area contributed by atoms with Crippen molar-refractivity contribution >= 4 is 56.0 Å². The molecule has 4 rings (SSSR count). The summed E-state index contributed by atoms with van der Waals surface area (Å²) in [6.07, 6.45) is 0.633. The molecule has 0 saturated heterocycles. The number of halogens is 1. The van der Waals surface area contributed by atoms with Gasteiger partial charge in [0.15, 0.2) is 10.3 Å². The fraction of sp³-hybridized carbons (Fsp3) is 0.333. The third-order valence-electron chi connectivity index (χ3n) is 4.56. The summed E-state index contributed by atoms with van der Waals surface area (Å²) < 4.78 is 2.55. The predicted molar refractivity (Wildman–Crippen MR) is 110 cm³/mol. The molecule has 3 aromatic rings. The summed E-state index contributed by atoms with van der Waals surface area (Å²) in [7, 11) is 0. The first-order chi connectivity index (χ1) is 13.0. The number of aromatic nitrogens is 3. The zero-order valence-electron chi connectivity index (χ0n) is 14.8. The lowest BCUT2D eigenvalue weighted by molar-refractivity contribution is -0.119. The van der Waals surface area contributed by atoms with Gasteiger partial charge in [0.25, 0.3) is 5.56 Å². The number of benzene rings is 1. The van der Waals surface area contributed by atoms with Crippen LogP contribution in [0.15, 0.2) is 28.2 Å². The van der Waals surface area contributed by atoms with Gasteiger partial charge < -0.3 is 5.32 Å². The second kappa shape index (κ2) is 7.26. The monoisotopic (exact) mass is 420 g/mol. The van der Waals surface area contributed by atoms with Crippen LogP contribution in [0.3, 0.4) is 0 Å². The first kappa shape index (κ1) is 18.5. The number of rotatable bonds is 3. The molecule has 9 heteroatoms. The molecule has 0 fully saturated rings. The van der Waals surface area contributed by atoms with Crippen LogP contribution >= 0.6 is 34.7 Å². The molecule has 1 atom stereocenters. The first-order valence-electron chi connectivity index (χ1n) is 8.56. The van der Waals surface area contributed by atoms with Crippen LogP contribution in [0.5, 0.6) is 0 Å². The molecular weight excluding hydrogens is 404 g/mol. The summed E-state index contributed by atoms with van der Waals surface area (Å²) in [6, 6.07) is 5.43. The first-order valence-corrected chi connectivity index (χ1v) is 10.7. The van der Waals surface area contributed by atoms with E-state index < -0.39 is 0 Å². The lowest BCUT2D eigenvalue weighted by Gasteiger charge is -2.24. The molecule has 0 aliphatic carbocycles. The van der Waals surface area contributed by atoms with E-state index in [4.69, 9.17) is 11.6 Å². The smallest absolute Gasteiger partial charge is 0.257 e. The zero-order valence-corrected chi connectivity index (χ0v) is 17.2. The van der Waals surface area contributed by atoms with Gasteiger partial charge in [-0.05, 0) is 31.5 Å². The van der Waals surface area contributed by atoms with Crippen LogP contribution in [0.2, 0.25) is 5.02 Å². The summed E-state index contributed by atoms with van der Waals surface area (Å²) >= 11 is 8.84. The van der Waals surface area contributed by atoms with Gasteiger partial charge in [-0.25, -0.2) is 9.97 Å². The minimum atomic E-state index is -0.315. The van der Waals surface area contributed by atoms with Crippen LogP contribution in [0.1, 0.15) is 18.2 Å². The molecule has 3 heterocycles. The molecule has 2 aromatic heterocycles. The SMILES string of the molecule is CCc1c(C)nc2n(c1=O)CC(C(=O)Nc1nc3ccc(Cl)cc3s1)CS2. The summed E-state index contributed by atoms with van der Waals surface area (Å²) in [5, 5.41) is 4.75. The Morgan fingerprint density at radius 2 is 2.22 bits per heavy atom. The Balaban J connectivity index is 1.56. The van der Waals surface area contributed by atoms with Gasteiger partial charge in [0.1, 0.15) is 0 Å². The van der Waals surface area contributed by atoms with Crippen LogP contribution in [-0.4, -0.2) is 26.2 Å². The normalized spacial score (nSPS) is 16.3. The quantitative estimate of drug-likeness (QED) is 0.653. The van der Waals surface area contributed by atoms with Gasteiger partial charge in [0.05, 0.1) is 16.1 Å². The second-order valence-electron chi connectivity index (χ2n) is 6.36. The van der Waals surface area contributed by atoms with E-state index in [2.05, 4.69) is 15.3 Å². The van der Waals surface area contributed by atoms with Crippen molar-refractivity contribution < 1.29 is 4.79 Å². The molecule has 0 saturated carbocycles. The molecule has 1 unspecified atom stereocenters. The molecule has 140 valence electrons.